The lowest BCUT2D eigenvalue weighted by molar-refractivity contribution is 0.475. The smallest absolute Gasteiger partial charge is 0.115 e. The van der Waals surface area contributed by atoms with E-state index in [1.54, 1.807) is 12.1 Å². The minimum Gasteiger partial charge on any atom is -0.508 e. The molecule has 108 valence electrons. The van der Waals surface area contributed by atoms with E-state index >= 15 is 0 Å². The number of hydrogen-bond donors (Lipinski definition) is 2. The molecule has 0 aliphatic carbocycles. The molecular weight excluding hydrogens is 274 g/mol. The first-order chi connectivity index (χ1) is 10.6. The van der Waals surface area contributed by atoms with Gasteiger partial charge in [0.05, 0.1) is 11.6 Å². The minimum absolute atomic E-state index is 0.227. The molecule has 4 nitrogen and oxygen atoms in total. The van der Waals surface area contributed by atoms with Crippen molar-refractivity contribution in [3.8, 4) is 17.5 Å². The minimum atomic E-state index is 0.227. The summed E-state index contributed by atoms with van der Waals surface area (Å²) in [6.07, 6.45) is 3.51. The largest absolute Gasteiger partial charge is 0.508 e. The molecule has 0 amide bonds. The van der Waals surface area contributed by atoms with Crippen LogP contribution in [0.15, 0.2) is 54.7 Å². The van der Waals surface area contributed by atoms with Gasteiger partial charge in [0.15, 0.2) is 0 Å². The second-order valence-corrected chi connectivity index (χ2v) is 5.16. The van der Waals surface area contributed by atoms with Crippen molar-refractivity contribution in [2.75, 3.05) is 5.73 Å². The Kier molecular flexibility index (Phi) is 3.32. The van der Waals surface area contributed by atoms with E-state index in [1.165, 1.54) is 6.08 Å². The van der Waals surface area contributed by atoms with E-state index in [1.807, 2.05) is 48.0 Å². The number of nitrogens with zero attached hydrogens (tertiary/aromatic N) is 2. The Labute approximate surface area is 128 Å². The van der Waals surface area contributed by atoms with Crippen LogP contribution in [-0.4, -0.2) is 9.67 Å². The second kappa shape index (κ2) is 5.30. The van der Waals surface area contributed by atoms with Crippen molar-refractivity contribution < 1.29 is 5.11 Å². The monoisotopic (exact) mass is 289 g/mol. The number of nitrogens with two attached hydrogens (primary N) is 1. The number of nitriles is 1. The van der Waals surface area contributed by atoms with Gasteiger partial charge in [0.1, 0.15) is 5.75 Å². The van der Waals surface area contributed by atoms with Crippen LogP contribution in [0.4, 0.5) is 5.69 Å². The summed E-state index contributed by atoms with van der Waals surface area (Å²) in [6, 6.07) is 14.8. The third-order valence-electron chi connectivity index (χ3n) is 3.66. The Hall–Kier alpha value is -3.19. The summed E-state index contributed by atoms with van der Waals surface area (Å²) in [4.78, 5) is 0. The predicted octanol–water partition coefficient (Wildman–Crippen LogP) is 3.85. The lowest BCUT2D eigenvalue weighted by Crippen LogP contribution is -1.91. The number of phenolic OH excluding ortho intramolecular Hbond substituents is 1. The van der Waals surface area contributed by atoms with Gasteiger partial charge in [0, 0.05) is 34.6 Å². The molecule has 1 aromatic heterocycles. The Morgan fingerprint density at radius 1 is 1.23 bits per heavy atom. The molecule has 0 bridgehead atoms. The summed E-state index contributed by atoms with van der Waals surface area (Å²) < 4.78 is 2.03. The Morgan fingerprint density at radius 2 is 1.95 bits per heavy atom. The van der Waals surface area contributed by atoms with E-state index < -0.39 is 0 Å². The van der Waals surface area contributed by atoms with E-state index in [0.29, 0.717) is 5.69 Å². The van der Waals surface area contributed by atoms with Crippen LogP contribution in [0.5, 0.6) is 5.75 Å². The first-order valence-electron chi connectivity index (χ1n) is 6.87. The maximum Gasteiger partial charge on any atom is 0.115 e. The molecule has 0 spiro atoms. The van der Waals surface area contributed by atoms with Gasteiger partial charge in [-0.3, -0.25) is 0 Å². The van der Waals surface area contributed by atoms with Crippen LogP contribution in [0, 0.1) is 11.3 Å². The quantitative estimate of drug-likeness (QED) is 0.556. The normalized spacial score (nSPS) is 11.5. The topological polar surface area (TPSA) is 75.0 Å². The summed E-state index contributed by atoms with van der Waals surface area (Å²) in [6.45, 7) is 1.91. The van der Waals surface area contributed by atoms with Crippen molar-refractivity contribution >= 4 is 22.2 Å². The van der Waals surface area contributed by atoms with E-state index in [9.17, 15) is 5.11 Å². The van der Waals surface area contributed by atoms with Crippen molar-refractivity contribution in [2.45, 2.75) is 6.92 Å². The van der Waals surface area contributed by atoms with Crippen molar-refractivity contribution in [1.29, 1.82) is 5.26 Å². The molecule has 0 unspecified atom stereocenters. The SMILES string of the molecule is C/C(=C\C#N)c1cn(-c2ccc(O)cc2)c2ccc(N)cc12. The summed E-state index contributed by atoms with van der Waals surface area (Å²) in [7, 11) is 0. The lowest BCUT2D eigenvalue weighted by Gasteiger charge is -2.05. The maximum atomic E-state index is 9.45. The average molecular weight is 289 g/mol. The van der Waals surface area contributed by atoms with Gasteiger partial charge in [-0.05, 0) is 55.0 Å². The highest BCUT2D eigenvalue weighted by Crippen LogP contribution is 2.31. The first kappa shape index (κ1) is 13.8. The van der Waals surface area contributed by atoms with Crippen LogP contribution in [0.1, 0.15) is 12.5 Å². The zero-order valence-corrected chi connectivity index (χ0v) is 12.1. The fraction of sp³-hybridized carbons (Fsp3) is 0.0556. The molecule has 0 saturated carbocycles. The number of hydrogen-bond acceptors (Lipinski definition) is 3. The number of fused-ring (bicyclic) bond motifs is 1. The third-order valence-corrected chi connectivity index (χ3v) is 3.66. The Bertz CT molecular complexity index is 912. The van der Waals surface area contributed by atoms with Gasteiger partial charge in [0.2, 0.25) is 0 Å². The highest BCUT2D eigenvalue weighted by molar-refractivity contribution is 5.95. The van der Waals surface area contributed by atoms with Crippen molar-refractivity contribution in [3.63, 3.8) is 0 Å². The van der Waals surface area contributed by atoms with Crippen LogP contribution >= 0.6 is 0 Å². The summed E-state index contributed by atoms with van der Waals surface area (Å²) in [5.41, 5.74) is 10.4. The Balaban J connectivity index is 2.30. The number of aromatic hydroxyl groups is 1. The van der Waals surface area contributed by atoms with Gasteiger partial charge in [0.25, 0.3) is 0 Å². The van der Waals surface area contributed by atoms with Crippen molar-refractivity contribution in [1.82, 2.24) is 4.57 Å². The molecule has 22 heavy (non-hydrogen) atoms. The maximum absolute atomic E-state index is 9.45. The molecule has 3 N–H and O–H groups in total. The number of benzene rings is 2. The van der Waals surface area contributed by atoms with Gasteiger partial charge in [-0.2, -0.15) is 5.26 Å². The molecule has 0 radical (unpaired) electrons. The highest BCUT2D eigenvalue weighted by atomic mass is 16.3. The van der Waals surface area contributed by atoms with Gasteiger partial charge in [-0.1, -0.05) is 0 Å². The zero-order valence-electron chi connectivity index (χ0n) is 12.1. The van der Waals surface area contributed by atoms with Crippen LogP contribution < -0.4 is 5.73 Å². The predicted molar refractivity (Wildman–Crippen MR) is 88.6 cm³/mol. The molecule has 4 heteroatoms. The van der Waals surface area contributed by atoms with E-state index in [0.717, 1.165) is 27.7 Å². The number of phenols is 1. The number of allylic oxidation sites excluding steroid dienone is 2. The zero-order chi connectivity index (χ0) is 15.7. The van der Waals surface area contributed by atoms with Crippen molar-refractivity contribution in [2.24, 2.45) is 0 Å². The number of rotatable bonds is 2. The van der Waals surface area contributed by atoms with Crippen LogP contribution in [0.3, 0.4) is 0 Å². The molecule has 0 atom stereocenters. The molecule has 0 fully saturated rings. The lowest BCUT2D eigenvalue weighted by atomic mass is 10.1. The standard InChI is InChI=1S/C18H15N3O/c1-12(8-9-19)17-11-21(14-3-5-15(22)6-4-14)18-7-2-13(20)10-16(17)18/h2-8,10-11,22H,20H2,1H3/b12-8+. The third kappa shape index (κ3) is 2.29. The summed E-state index contributed by atoms with van der Waals surface area (Å²) in [5, 5.41) is 19.3. The summed E-state index contributed by atoms with van der Waals surface area (Å²) in [5.74, 6) is 0.227. The molecule has 0 aliphatic heterocycles. The highest BCUT2D eigenvalue weighted by Gasteiger charge is 2.11. The van der Waals surface area contributed by atoms with E-state index in [2.05, 4.69) is 6.07 Å². The number of anilines is 1. The van der Waals surface area contributed by atoms with Crippen LogP contribution in [-0.2, 0) is 0 Å². The van der Waals surface area contributed by atoms with Crippen LogP contribution in [0.25, 0.3) is 22.2 Å². The number of aromatic nitrogens is 1. The van der Waals surface area contributed by atoms with Gasteiger partial charge in [-0.25, -0.2) is 0 Å². The molecule has 2 aromatic carbocycles. The van der Waals surface area contributed by atoms with Gasteiger partial charge >= 0.3 is 0 Å². The molecule has 3 aromatic rings. The Morgan fingerprint density at radius 3 is 2.64 bits per heavy atom. The number of nitrogen functional groups attached to an aromatic ring is 1. The molecule has 3 rings (SSSR count). The van der Waals surface area contributed by atoms with E-state index in [4.69, 9.17) is 11.0 Å². The van der Waals surface area contributed by atoms with Gasteiger partial charge in [-0.15, -0.1) is 0 Å². The molecule has 0 saturated heterocycles. The van der Waals surface area contributed by atoms with Gasteiger partial charge < -0.3 is 15.4 Å². The van der Waals surface area contributed by atoms with Crippen LogP contribution in [0.2, 0.25) is 0 Å². The molecule has 1 heterocycles. The fourth-order valence-electron chi connectivity index (χ4n) is 2.56. The fourth-order valence-corrected chi connectivity index (χ4v) is 2.56. The van der Waals surface area contributed by atoms with Crippen molar-refractivity contribution in [3.05, 3.63) is 60.3 Å². The molecular formula is C18H15N3O. The molecule has 0 aliphatic rings. The second-order valence-electron chi connectivity index (χ2n) is 5.16. The summed E-state index contributed by atoms with van der Waals surface area (Å²) >= 11 is 0. The average Bonchev–Trinajstić information content (AvgIpc) is 2.87. The first-order valence-corrected chi connectivity index (χ1v) is 6.87. The van der Waals surface area contributed by atoms with E-state index in [-0.39, 0.29) is 5.75 Å².